The molecule has 0 spiro atoms. The van der Waals surface area contributed by atoms with Gasteiger partial charge < -0.3 is 10.1 Å². The van der Waals surface area contributed by atoms with E-state index in [1.54, 1.807) is 0 Å². The van der Waals surface area contributed by atoms with Crippen LogP contribution in [0.15, 0.2) is 24.3 Å². The number of nitrogens with one attached hydrogen (secondary N) is 1. The van der Waals surface area contributed by atoms with Gasteiger partial charge in [-0.3, -0.25) is 0 Å². The fourth-order valence-electron chi connectivity index (χ4n) is 2.62. The van der Waals surface area contributed by atoms with Crippen molar-refractivity contribution in [2.75, 3.05) is 13.2 Å². The first kappa shape index (κ1) is 14.4. The zero-order valence-corrected chi connectivity index (χ0v) is 12.3. The Morgan fingerprint density at radius 1 is 1.26 bits per heavy atom. The van der Waals surface area contributed by atoms with Crippen LogP contribution >= 0.6 is 0 Å². The molecule has 1 N–H and O–H groups in total. The summed E-state index contributed by atoms with van der Waals surface area (Å²) in [7, 11) is 0. The lowest BCUT2D eigenvalue weighted by Crippen LogP contribution is -2.35. The van der Waals surface area contributed by atoms with Crippen LogP contribution in [0.1, 0.15) is 57.4 Å². The minimum Gasteiger partial charge on any atom is -0.494 e. The van der Waals surface area contributed by atoms with Crippen molar-refractivity contribution in [3.63, 3.8) is 0 Å². The van der Waals surface area contributed by atoms with Gasteiger partial charge in [0.25, 0.3) is 0 Å². The predicted octanol–water partition coefficient (Wildman–Crippen LogP) is 4.11. The van der Waals surface area contributed by atoms with Gasteiger partial charge in [0.15, 0.2) is 0 Å². The minimum absolute atomic E-state index is 0.639. The van der Waals surface area contributed by atoms with Crippen LogP contribution in [0.25, 0.3) is 0 Å². The van der Waals surface area contributed by atoms with E-state index in [-0.39, 0.29) is 0 Å². The summed E-state index contributed by atoms with van der Waals surface area (Å²) in [5.41, 5.74) is 1.41. The fourth-order valence-corrected chi connectivity index (χ4v) is 2.62. The second-order valence-electron chi connectivity index (χ2n) is 5.66. The molecule has 0 bridgehead atoms. The van der Waals surface area contributed by atoms with Crippen LogP contribution in [0.2, 0.25) is 0 Å². The Balaban J connectivity index is 1.73. The number of rotatable bonds is 6. The number of piperidine rings is 1. The molecule has 2 rings (SSSR count). The quantitative estimate of drug-likeness (QED) is 0.832. The largest absolute Gasteiger partial charge is 0.494 e. The molecule has 1 fully saturated rings. The van der Waals surface area contributed by atoms with Crippen molar-refractivity contribution in [1.82, 2.24) is 5.32 Å². The van der Waals surface area contributed by atoms with Crippen molar-refractivity contribution in [3.8, 4) is 5.75 Å². The highest BCUT2D eigenvalue weighted by Gasteiger charge is 2.12. The second kappa shape index (κ2) is 7.54. The molecule has 0 radical (unpaired) electrons. The first-order valence-corrected chi connectivity index (χ1v) is 7.75. The van der Waals surface area contributed by atoms with Gasteiger partial charge in [0, 0.05) is 6.04 Å². The number of benzene rings is 1. The lowest BCUT2D eigenvalue weighted by Gasteiger charge is -2.23. The third-order valence-electron chi connectivity index (χ3n) is 4.21. The second-order valence-corrected chi connectivity index (χ2v) is 5.66. The van der Waals surface area contributed by atoms with Gasteiger partial charge in [0.2, 0.25) is 0 Å². The molecule has 2 heteroatoms. The smallest absolute Gasteiger partial charge is 0.119 e. The van der Waals surface area contributed by atoms with E-state index in [2.05, 4.69) is 43.4 Å². The maximum atomic E-state index is 5.84. The summed E-state index contributed by atoms with van der Waals surface area (Å²) in [5, 5.41) is 3.56. The van der Waals surface area contributed by atoms with Gasteiger partial charge in [-0.2, -0.15) is 0 Å². The maximum Gasteiger partial charge on any atom is 0.119 e. The van der Waals surface area contributed by atoms with Crippen molar-refractivity contribution >= 4 is 0 Å². The van der Waals surface area contributed by atoms with E-state index >= 15 is 0 Å². The van der Waals surface area contributed by atoms with E-state index < -0.39 is 0 Å². The van der Waals surface area contributed by atoms with Crippen LogP contribution in [0.3, 0.4) is 0 Å². The normalized spacial score (nSPS) is 21.1. The van der Waals surface area contributed by atoms with Crippen LogP contribution in [0, 0.1) is 0 Å². The van der Waals surface area contributed by atoms with E-state index in [1.807, 2.05) is 0 Å². The first-order valence-electron chi connectivity index (χ1n) is 7.75. The van der Waals surface area contributed by atoms with Crippen molar-refractivity contribution in [2.24, 2.45) is 0 Å². The zero-order chi connectivity index (χ0) is 13.5. The van der Waals surface area contributed by atoms with Crippen molar-refractivity contribution in [1.29, 1.82) is 0 Å². The topological polar surface area (TPSA) is 21.3 Å². The Hall–Kier alpha value is -1.02. The monoisotopic (exact) mass is 261 g/mol. The van der Waals surface area contributed by atoms with E-state index in [1.165, 1.54) is 37.8 Å². The molecule has 1 saturated heterocycles. The summed E-state index contributed by atoms with van der Waals surface area (Å²) in [6.07, 6.45) is 6.30. The molecule has 1 heterocycles. The molecule has 1 aromatic carbocycles. The Morgan fingerprint density at radius 3 is 2.68 bits per heavy atom. The molecule has 0 aliphatic carbocycles. The third-order valence-corrected chi connectivity index (χ3v) is 4.21. The standard InChI is InChI=1S/C17H27NO/c1-3-14(2)15-7-9-17(10-8-15)19-13-11-16-6-4-5-12-18-16/h7-10,14,16,18H,3-6,11-13H2,1-2H3/t14-,16+/m1/s1. The molecule has 0 aromatic heterocycles. The van der Waals surface area contributed by atoms with Gasteiger partial charge in [-0.25, -0.2) is 0 Å². The molecule has 2 nitrogen and oxygen atoms in total. The van der Waals surface area contributed by atoms with Gasteiger partial charge in [-0.1, -0.05) is 32.4 Å². The number of ether oxygens (including phenoxy) is 1. The summed E-state index contributed by atoms with van der Waals surface area (Å²) < 4.78 is 5.84. The van der Waals surface area contributed by atoms with Gasteiger partial charge in [0.1, 0.15) is 5.75 Å². The van der Waals surface area contributed by atoms with Crippen molar-refractivity contribution in [2.45, 2.75) is 57.9 Å². The molecular weight excluding hydrogens is 234 g/mol. The van der Waals surface area contributed by atoms with E-state index in [0.717, 1.165) is 18.8 Å². The molecule has 0 saturated carbocycles. The molecule has 1 aliphatic heterocycles. The molecule has 1 aliphatic rings. The minimum atomic E-state index is 0.639. The summed E-state index contributed by atoms with van der Waals surface area (Å²) >= 11 is 0. The lowest BCUT2D eigenvalue weighted by atomic mass is 9.99. The highest BCUT2D eigenvalue weighted by atomic mass is 16.5. The molecule has 1 aromatic rings. The molecule has 19 heavy (non-hydrogen) atoms. The molecule has 2 atom stereocenters. The average Bonchev–Trinajstić information content (AvgIpc) is 2.48. The molecule has 0 unspecified atom stereocenters. The van der Waals surface area contributed by atoms with Crippen LogP contribution < -0.4 is 10.1 Å². The van der Waals surface area contributed by atoms with Crippen LogP contribution in [0.5, 0.6) is 5.75 Å². The number of hydrogen-bond acceptors (Lipinski definition) is 2. The summed E-state index contributed by atoms with van der Waals surface area (Å²) in [5.74, 6) is 1.64. The summed E-state index contributed by atoms with van der Waals surface area (Å²) in [6, 6.07) is 9.27. The van der Waals surface area contributed by atoms with E-state index in [4.69, 9.17) is 4.74 Å². The third kappa shape index (κ3) is 4.54. The highest BCUT2D eigenvalue weighted by molar-refractivity contribution is 5.29. The average molecular weight is 261 g/mol. The lowest BCUT2D eigenvalue weighted by molar-refractivity contribution is 0.268. The Morgan fingerprint density at radius 2 is 2.05 bits per heavy atom. The maximum absolute atomic E-state index is 5.84. The van der Waals surface area contributed by atoms with Gasteiger partial charge >= 0.3 is 0 Å². The first-order chi connectivity index (χ1) is 9.29. The van der Waals surface area contributed by atoms with Gasteiger partial charge in [-0.05, 0) is 55.8 Å². The molecule has 0 amide bonds. The van der Waals surface area contributed by atoms with Gasteiger partial charge in [-0.15, -0.1) is 0 Å². The van der Waals surface area contributed by atoms with Crippen molar-refractivity contribution in [3.05, 3.63) is 29.8 Å². The zero-order valence-electron chi connectivity index (χ0n) is 12.3. The molecule has 106 valence electrons. The van der Waals surface area contributed by atoms with Crippen LogP contribution in [0.4, 0.5) is 0 Å². The SMILES string of the molecule is CC[C@@H](C)c1ccc(OCC[C@@H]2CCCCN2)cc1. The Bertz CT molecular complexity index is 354. The Labute approximate surface area is 117 Å². The van der Waals surface area contributed by atoms with Crippen LogP contribution in [-0.2, 0) is 0 Å². The summed E-state index contributed by atoms with van der Waals surface area (Å²) in [4.78, 5) is 0. The van der Waals surface area contributed by atoms with E-state index in [9.17, 15) is 0 Å². The fraction of sp³-hybridized carbons (Fsp3) is 0.647. The summed E-state index contributed by atoms with van der Waals surface area (Å²) in [6.45, 7) is 6.49. The van der Waals surface area contributed by atoms with Gasteiger partial charge in [0.05, 0.1) is 6.61 Å². The number of hydrogen-bond donors (Lipinski definition) is 1. The molecular formula is C17H27NO. The Kier molecular flexibility index (Phi) is 5.71. The van der Waals surface area contributed by atoms with Crippen LogP contribution in [-0.4, -0.2) is 19.2 Å². The highest BCUT2D eigenvalue weighted by Crippen LogP contribution is 2.21. The van der Waals surface area contributed by atoms with Crippen molar-refractivity contribution < 1.29 is 4.74 Å². The predicted molar refractivity (Wildman–Crippen MR) is 80.9 cm³/mol. The van der Waals surface area contributed by atoms with E-state index in [0.29, 0.717) is 12.0 Å².